The summed E-state index contributed by atoms with van der Waals surface area (Å²) in [5.41, 5.74) is 6.32. The molecule has 20 heavy (non-hydrogen) atoms. The summed E-state index contributed by atoms with van der Waals surface area (Å²) >= 11 is 1.52. The van der Waals surface area contributed by atoms with Gasteiger partial charge in [0.2, 0.25) is 10.0 Å². The van der Waals surface area contributed by atoms with Crippen molar-refractivity contribution in [3.63, 3.8) is 0 Å². The van der Waals surface area contributed by atoms with Crippen LogP contribution in [-0.2, 0) is 10.0 Å². The van der Waals surface area contributed by atoms with Crippen LogP contribution in [0.1, 0.15) is 27.2 Å². The molecular formula is C14H24N2O2S2. The summed E-state index contributed by atoms with van der Waals surface area (Å²) < 4.78 is 26.8. The molecule has 0 aliphatic rings. The largest absolute Gasteiger partial charge is 0.399 e. The van der Waals surface area contributed by atoms with E-state index >= 15 is 0 Å². The fourth-order valence-corrected chi connectivity index (χ4v) is 4.61. The Hall–Kier alpha value is -0.720. The molecule has 3 N–H and O–H groups in total. The molecule has 0 bridgehead atoms. The van der Waals surface area contributed by atoms with E-state index in [4.69, 9.17) is 5.73 Å². The lowest BCUT2D eigenvalue weighted by molar-refractivity contribution is 0.437. The maximum Gasteiger partial charge on any atom is 0.212 e. The molecule has 0 aliphatic heterocycles. The molecule has 0 saturated heterocycles. The summed E-state index contributed by atoms with van der Waals surface area (Å²) in [7, 11) is -3.21. The van der Waals surface area contributed by atoms with Crippen molar-refractivity contribution in [3.05, 3.63) is 24.3 Å². The van der Waals surface area contributed by atoms with E-state index in [0.29, 0.717) is 17.4 Å². The van der Waals surface area contributed by atoms with E-state index in [1.165, 1.54) is 11.8 Å². The van der Waals surface area contributed by atoms with Gasteiger partial charge in [-0.2, -0.15) is 0 Å². The first-order valence-corrected chi connectivity index (χ1v) is 9.46. The topological polar surface area (TPSA) is 72.2 Å². The molecule has 1 unspecified atom stereocenters. The van der Waals surface area contributed by atoms with Gasteiger partial charge >= 0.3 is 0 Å². The van der Waals surface area contributed by atoms with E-state index < -0.39 is 10.0 Å². The first kappa shape index (κ1) is 17.3. The zero-order valence-corrected chi connectivity index (χ0v) is 13.9. The van der Waals surface area contributed by atoms with E-state index in [0.717, 1.165) is 11.3 Å². The van der Waals surface area contributed by atoms with Crippen LogP contribution in [0.5, 0.6) is 0 Å². The Balaban J connectivity index is 2.45. The molecule has 1 rings (SSSR count). The molecule has 114 valence electrons. The zero-order valence-electron chi connectivity index (χ0n) is 12.3. The molecule has 6 heteroatoms. The van der Waals surface area contributed by atoms with Crippen LogP contribution in [0.4, 0.5) is 5.69 Å². The summed E-state index contributed by atoms with van der Waals surface area (Å²) in [6.45, 7) is 6.05. The van der Waals surface area contributed by atoms with Crippen molar-refractivity contribution >= 4 is 27.5 Å². The van der Waals surface area contributed by atoms with Gasteiger partial charge in [0.05, 0.1) is 5.75 Å². The number of hydrogen-bond acceptors (Lipinski definition) is 4. The van der Waals surface area contributed by atoms with Crippen molar-refractivity contribution in [1.82, 2.24) is 4.72 Å². The Labute approximate surface area is 126 Å². The van der Waals surface area contributed by atoms with Crippen LogP contribution in [0, 0.1) is 5.92 Å². The van der Waals surface area contributed by atoms with Gasteiger partial charge in [-0.15, -0.1) is 11.8 Å². The standard InChI is InChI=1S/C14H24N2O2S2/c1-4-14(11(2)3)16-20(17,18)10-9-19-13-7-5-12(15)6-8-13/h5-8,11,14,16H,4,9-10,15H2,1-3H3. The highest BCUT2D eigenvalue weighted by atomic mass is 32.2. The maximum absolute atomic E-state index is 12.0. The van der Waals surface area contributed by atoms with Gasteiger partial charge in [0.25, 0.3) is 0 Å². The van der Waals surface area contributed by atoms with Crippen molar-refractivity contribution in [1.29, 1.82) is 0 Å². The third kappa shape index (κ3) is 6.15. The average molecular weight is 316 g/mol. The number of benzene rings is 1. The molecule has 4 nitrogen and oxygen atoms in total. The van der Waals surface area contributed by atoms with Crippen molar-refractivity contribution in [2.45, 2.75) is 38.1 Å². The van der Waals surface area contributed by atoms with E-state index in [2.05, 4.69) is 4.72 Å². The van der Waals surface area contributed by atoms with Crippen LogP contribution < -0.4 is 10.5 Å². The first-order chi connectivity index (χ1) is 9.34. The highest BCUT2D eigenvalue weighted by Crippen LogP contribution is 2.19. The fraction of sp³-hybridized carbons (Fsp3) is 0.571. The molecule has 0 aromatic heterocycles. The van der Waals surface area contributed by atoms with Gasteiger partial charge in [0, 0.05) is 22.4 Å². The highest BCUT2D eigenvalue weighted by molar-refractivity contribution is 8.00. The monoisotopic (exact) mass is 316 g/mol. The average Bonchev–Trinajstić information content (AvgIpc) is 2.38. The van der Waals surface area contributed by atoms with Crippen LogP contribution in [0.25, 0.3) is 0 Å². The lowest BCUT2D eigenvalue weighted by atomic mass is 10.0. The smallest absolute Gasteiger partial charge is 0.212 e. The van der Waals surface area contributed by atoms with Gasteiger partial charge < -0.3 is 5.73 Å². The van der Waals surface area contributed by atoms with Crippen molar-refractivity contribution in [2.75, 3.05) is 17.2 Å². The predicted molar refractivity (Wildman–Crippen MR) is 87.4 cm³/mol. The minimum Gasteiger partial charge on any atom is -0.399 e. The van der Waals surface area contributed by atoms with Crippen LogP contribution in [0.15, 0.2) is 29.2 Å². The SMILES string of the molecule is CCC(NS(=O)(=O)CCSc1ccc(N)cc1)C(C)C. The molecule has 0 heterocycles. The Morgan fingerprint density at radius 2 is 1.85 bits per heavy atom. The molecule has 0 saturated carbocycles. The number of rotatable bonds is 8. The molecule has 1 atom stereocenters. The molecule has 0 spiro atoms. The van der Waals surface area contributed by atoms with Crippen LogP contribution in [-0.4, -0.2) is 26.0 Å². The Morgan fingerprint density at radius 1 is 1.25 bits per heavy atom. The third-order valence-electron chi connectivity index (χ3n) is 3.08. The highest BCUT2D eigenvalue weighted by Gasteiger charge is 2.18. The molecule has 0 fully saturated rings. The van der Waals surface area contributed by atoms with Crippen molar-refractivity contribution in [3.8, 4) is 0 Å². The summed E-state index contributed by atoms with van der Waals surface area (Å²) in [5.74, 6) is 0.971. The van der Waals surface area contributed by atoms with Gasteiger partial charge in [-0.3, -0.25) is 0 Å². The predicted octanol–water partition coefficient (Wildman–Crippen LogP) is 2.71. The summed E-state index contributed by atoms with van der Waals surface area (Å²) in [4.78, 5) is 1.03. The number of hydrogen-bond donors (Lipinski definition) is 2. The van der Waals surface area contributed by atoms with E-state index in [9.17, 15) is 8.42 Å². The van der Waals surface area contributed by atoms with Gasteiger partial charge in [-0.05, 0) is 36.6 Å². The summed E-state index contributed by atoms with van der Waals surface area (Å²) in [6.07, 6.45) is 0.808. The number of nitrogen functional groups attached to an aromatic ring is 1. The quantitative estimate of drug-likeness (QED) is 0.571. The van der Waals surface area contributed by atoms with Gasteiger partial charge in [-0.1, -0.05) is 20.8 Å². The van der Waals surface area contributed by atoms with E-state index in [-0.39, 0.29) is 11.8 Å². The van der Waals surface area contributed by atoms with Crippen LogP contribution >= 0.6 is 11.8 Å². The lowest BCUT2D eigenvalue weighted by Gasteiger charge is -2.20. The summed E-state index contributed by atoms with van der Waals surface area (Å²) in [5, 5.41) is 0. The molecule has 1 aromatic rings. The van der Waals surface area contributed by atoms with Crippen LogP contribution in [0.2, 0.25) is 0 Å². The number of nitrogens with two attached hydrogens (primary N) is 1. The summed E-state index contributed by atoms with van der Waals surface area (Å²) in [6, 6.07) is 7.47. The lowest BCUT2D eigenvalue weighted by Crippen LogP contribution is -2.39. The van der Waals surface area contributed by atoms with Gasteiger partial charge in [0.15, 0.2) is 0 Å². The van der Waals surface area contributed by atoms with E-state index in [1.807, 2.05) is 45.0 Å². The first-order valence-electron chi connectivity index (χ1n) is 6.82. The second-order valence-electron chi connectivity index (χ2n) is 5.11. The van der Waals surface area contributed by atoms with Crippen molar-refractivity contribution in [2.24, 2.45) is 5.92 Å². The van der Waals surface area contributed by atoms with Gasteiger partial charge in [-0.25, -0.2) is 13.1 Å². The number of nitrogens with one attached hydrogen (secondary N) is 1. The molecule has 0 radical (unpaired) electrons. The number of sulfonamides is 1. The molecule has 0 aliphatic carbocycles. The molecular weight excluding hydrogens is 292 g/mol. The number of thioether (sulfide) groups is 1. The second-order valence-corrected chi connectivity index (χ2v) is 8.15. The normalized spacial score (nSPS) is 13.6. The van der Waals surface area contributed by atoms with Crippen LogP contribution in [0.3, 0.4) is 0 Å². The molecule has 0 amide bonds. The Kier molecular flexibility index (Phi) is 6.85. The Bertz CT molecular complexity index is 498. The zero-order chi connectivity index (χ0) is 15.2. The van der Waals surface area contributed by atoms with Crippen molar-refractivity contribution < 1.29 is 8.42 Å². The minimum absolute atomic E-state index is 0.0153. The fourth-order valence-electron chi connectivity index (χ4n) is 1.81. The number of anilines is 1. The minimum atomic E-state index is -3.21. The van der Waals surface area contributed by atoms with Gasteiger partial charge in [0.1, 0.15) is 0 Å². The van der Waals surface area contributed by atoms with E-state index in [1.54, 1.807) is 0 Å². The second kappa shape index (κ2) is 7.90. The third-order valence-corrected chi connectivity index (χ3v) is 5.75. The molecule has 1 aromatic carbocycles. The maximum atomic E-state index is 12.0. The Morgan fingerprint density at radius 3 is 2.35 bits per heavy atom.